The molecule has 0 bridgehead atoms. The predicted molar refractivity (Wildman–Crippen MR) is 96.7 cm³/mol. The van der Waals surface area contributed by atoms with Crippen LogP contribution >= 0.6 is 0 Å². The molecule has 1 aromatic carbocycles. The highest BCUT2D eigenvalue weighted by molar-refractivity contribution is 5.98. The van der Waals surface area contributed by atoms with E-state index in [1.54, 1.807) is 0 Å². The van der Waals surface area contributed by atoms with Gasteiger partial charge in [-0.15, -0.1) is 0 Å². The third kappa shape index (κ3) is 3.90. The van der Waals surface area contributed by atoms with Crippen LogP contribution in [0, 0.1) is 0 Å². The van der Waals surface area contributed by atoms with Crippen LogP contribution in [0.5, 0.6) is 5.75 Å². The number of benzene rings is 1. The Labute approximate surface area is 143 Å². The molecule has 2 N–H and O–H groups in total. The molecule has 0 aliphatic carbocycles. The quantitative estimate of drug-likeness (QED) is 0.856. The second kappa shape index (κ2) is 7.26. The van der Waals surface area contributed by atoms with Crippen LogP contribution in [0.1, 0.15) is 43.6 Å². The van der Waals surface area contributed by atoms with E-state index in [4.69, 9.17) is 4.74 Å². The molecule has 0 radical (unpaired) electrons. The molecule has 0 spiro atoms. The lowest BCUT2D eigenvalue weighted by molar-refractivity contribution is 0.0939. The Morgan fingerprint density at radius 1 is 1.42 bits per heavy atom. The van der Waals surface area contributed by atoms with Gasteiger partial charge in [-0.2, -0.15) is 0 Å². The zero-order valence-electron chi connectivity index (χ0n) is 14.8. The minimum atomic E-state index is -0.0760. The van der Waals surface area contributed by atoms with Crippen molar-refractivity contribution in [2.24, 2.45) is 0 Å². The predicted octanol–water partition coefficient (Wildman–Crippen LogP) is 3.17. The van der Waals surface area contributed by atoms with Gasteiger partial charge in [0, 0.05) is 23.0 Å². The van der Waals surface area contributed by atoms with E-state index in [0.717, 1.165) is 29.7 Å². The minimum absolute atomic E-state index is 0.0760. The topological polar surface area (TPSA) is 57.4 Å². The van der Waals surface area contributed by atoms with Crippen LogP contribution < -0.4 is 10.1 Å². The molecule has 1 aliphatic rings. The van der Waals surface area contributed by atoms with E-state index in [2.05, 4.69) is 22.2 Å². The summed E-state index contributed by atoms with van der Waals surface area (Å²) in [7, 11) is 2.19. The first-order valence-electron chi connectivity index (χ1n) is 8.79. The summed E-state index contributed by atoms with van der Waals surface area (Å²) in [6.07, 6.45) is 3.62. The second-order valence-corrected chi connectivity index (χ2v) is 6.97. The highest BCUT2D eigenvalue weighted by atomic mass is 16.5. The molecule has 1 unspecified atom stereocenters. The number of ether oxygens (including phenoxy) is 1. The number of aromatic nitrogens is 1. The Morgan fingerprint density at radius 3 is 2.96 bits per heavy atom. The van der Waals surface area contributed by atoms with Gasteiger partial charge in [0.2, 0.25) is 0 Å². The van der Waals surface area contributed by atoms with Crippen molar-refractivity contribution in [3.05, 3.63) is 30.0 Å². The first-order valence-corrected chi connectivity index (χ1v) is 8.79. The fourth-order valence-corrected chi connectivity index (χ4v) is 3.32. The molecule has 5 nitrogen and oxygen atoms in total. The van der Waals surface area contributed by atoms with Crippen molar-refractivity contribution in [1.29, 1.82) is 0 Å². The van der Waals surface area contributed by atoms with Crippen molar-refractivity contribution in [3.63, 3.8) is 0 Å². The molecule has 1 fully saturated rings. The summed E-state index contributed by atoms with van der Waals surface area (Å²) in [5, 5.41) is 3.90. The molecule has 24 heavy (non-hydrogen) atoms. The SMILES string of the molecule is CC(C)NC(=O)c1cc2cc(OCCC3CCCN3C)ccc2[nH]1. The van der Waals surface area contributed by atoms with Gasteiger partial charge in [-0.3, -0.25) is 4.79 Å². The van der Waals surface area contributed by atoms with E-state index < -0.39 is 0 Å². The number of amides is 1. The molecule has 5 heteroatoms. The number of rotatable bonds is 6. The highest BCUT2D eigenvalue weighted by Crippen LogP contribution is 2.23. The number of carbonyl (C=O) groups excluding carboxylic acids is 1. The first kappa shape index (κ1) is 16.8. The van der Waals surface area contributed by atoms with Gasteiger partial charge in [-0.05, 0) is 71.0 Å². The van der Waals surface area contributed by atoms with E-state index in [0.29, 0.717) is 11.7 Å². The fraction of sp³-hybridized carbons (Fsp3) is 0.526. The normalized spacial score (nSPS) is 18.4. The summed E-state index contributed by atoms with van der Waals surface area (Å²) in [5.74, 6) is 0.783. The lowest BCUT2D eigenvalue weighted by Crippen LogP contribution is -2.30. The molecule has 130 valence electrons. The highest BCUT2D eigenvalue weighted by Gasteiger charge is 2.20. The molecule has 1 saturated heterocycles. The van der Waals surface area contributed by atoms with Gasteiger partial charge >= 0.3 is 0 Å². The Hall–Kier alpha value is -2.01. The van der Waals surface area contributed by atoms with E-state index in [1.807, 2.05) is 38.1 Å². The van der Waals surface area contributed by atoms with E-state index in [-0.39, 0.29) is 11.9 Å². The van der Waals surface area contributed by atoms with Crippen molar-refractivity contribution >= 4 is 16.8 Å². The second-order valence-electron chi connectivity index (χ2n) is 6.97. The molecular weight excluding hydrogens is 302 g/mol. The number of fused-ring (bicyclic) bond motifs is 1. The average Bonchev–Trinajstić information content (AvgIpc) is 3.13. The van der Waals surface area contributed by atoms with Crippen molar-refractivity contribution in [2.75, 3.05) is 20.2 Å². The Bertz CT molecular complexity index is 708. The number of aromatic amines is 1. The zero-order valence-corrected chi connectivity index (χ0v) is 14.8. The van der Waals surface area contributed by atoms with Crippen LogP contribution in [0.25, 0.3) is 10.9 Å². The number of hydrogen-bond acceptors (Lipinski definition) is 3. The molecule has 1 atom stereocenters. The largest absolute Gasteiger partial charge is 0.494 e. The summed E-state index contributed by atoms with van der Waals surface area (Å²) in [4.78, 5) is 17.7. The van der Waals surface area contributed by atoms with Crippen molar-refractivity contribution < 1.29 is 9.53 Å². The first-order chi connectivity index (χ1) is 11.5. The van der Waals surface area contributed by atoms with Crippen LogP contribution in [0.4, 0.5) is 0 Å². The molecule has 2 heterocycles. The Balaban J connectivity index is 1.62. The lowest BCUT2D eigenvalue weighted by Gasteiger charge is -2.19. The number of nitrogens with zero attached hydrogens (tertiary/aromatic N) is 1. The summed E-state index contributed by atoms with van der Waals surface area (Å²) in [5.41, 5.74) is 1.54. The van der Waals surface area contributed by atoms with Crippen LogP contribution in [0.15, 0.2) is 24.3 Å². The molecular formula is C19H27N3O2. The molecule has 1 aromatic heterocycles. The summed E-state index contributed by atoms with van der Waals surface area (Å²) >= 11 is 0. The van der Waals surface area contributed by atoms with Gasteiger partial charge in [0.05, 0.1) is 6.61 Å². The number of H-pyrrole nitrogens is 1. The van der Waals surface area contributed by atoms with Gasteiger partial charge < -0.3 is 19.9 Å². The van der Waals surface area contributed by atoms with E-state index in [9.17, 15) is 4.79 Å². The number of likely N-dealkylation sites (tertiary alicyclic amines) is 1. The number of hydrogen-bond donors (Lipinski definition) is 2. The van der Waals surface area contributed by atoms with Crippen LogP contribution in [-0.2, 0) is 0 Å². The van der Waals surface area contributed by atoms with Gasteiger partial charge in [-0.25, -0.2) is 0 Å². The molecule has 0 saturated carbocycles. The maximum Gasteiger partial charge on any atom is 0.267 e. The van der Waals surface area contributed by atoms with Crippen LogP contribution in [-0.4, -0.2) is 48.1 Å². The molecule has 1 aliphatic heterocycles. The monoisotopic (exact) mass is 329 g/mol. The molecule has 3 rings (SSSR count). The Morgan fingerprint density at radius 2 is 2.25 bits per heavy atom. The molecule has 2 aromatic rings. The third-order valence-corrected chi connectivity index (χ3v) is 4.65. The lowest BCUT2D eigenvalue weighted by atomic mass is 10.1. The zero-order chi connectivity index (χ0) is 17.1. The summed E-state index contributed by atoms with van der Waals surface area (Å²) in [6.45, 7) is 5.83. The van der Waals surface area contributed by atoms with Gasteiger partial charge in [0.15, 0.2) is 0 Å². The van der Waals surface area contributed by atoms with Crippen molar-refractivity contribution in [2.45, 2.75) is 45.2 Å². The van der Waals surface area contributed by atoms with E-state index >= 15 is 0 Å². The standard InChI is InChI=1S/C19H27N3O2/c1-13(2)20-19(23)18-12-14-11-16(6-7-17(14)21-18)24-10-8-15-5-4-9-22(15)3/h6-7,11-13,15,21H,4-5,8-10H2,1-3H3,(H,20,23). The average molecular weight is 329 g/mol. The van der Waals surface area contributed by atoms with Crippen LogP contribution in [0.3, 0.4) is 0 Å². The number of nitrogens with one attached hydrogen (secondary N) is 2. The maximum absolute atomic E-state index is 12.1. The fourth-order valence-electron chi connectivity index (χ4n) is 3.32. The maximum atomic E-state index is 12.1. The smallest absolute Gasteiger partial charge is 0.267 e. The van der Waals surface area contributed by atoms with Gasteiger partial charge in [-0.1, -0.05) is 0 Å². The summed E-state index contributed by atoms with van der Waals surface area (Å²) in [6, 6.07) is 8.57. The third-order valence-electron chi connectivity index (χ3n) is 4.65. The Kier molecular flexibility index (Phi) is 5.09. The minimum Gasteiger partial charge on any atom is -0.494 e. The molecule has 1 amide bonds. The summed E-state index contributed by atoms with van der Waals surface area (Å²) < 4.78 is 5.92. The van der Waals surface area contributed by atoms with E-state index in [1.165, 1.54) is 19.4 Å². The van der Waals surface area contributed by atoms with Crippen molar-refractivity contribution in [1.82, 2.24) is 15.2 Å². The van der Waals surface area contributed by atoms with Crippen LogP contribution in [0.2, 0.25) is 0 Å². The van der Waals surface area contributed by atoms with Gasteiger partial charge in [0.1, 0.15) is 11.4 Å². The number of carbonyl (C=O) groups is 1. The van der Waals surface area contributed by atoms with Gasteiger partial charge in [0.25, 0.3) is 5.91 Å². The van der Waals surface area contributed by atoms with Crippen molar-refractivity contribution in [3.8, 4) is 5.75 Å².